The molecule has 0 aliphatic carbocycles. The van der Waals surface area contributed by atoms with Crippen molar-refractivity contribution in [2.75, 3.05) is 0 Å². The van der Waals surface area contributed by atoms with Crippen molar-refractivity contribution in [3.05, 3.63) is 12.2 Å². The number of alkyl halides is 2. The number of halogens is 2. The van der Waals surface area contributed by atoms with Crippen LogP contribution in [0.4, 0.5) is 0 Å². The fraction of sp³-hybridized carbons (Fsp3) is 0.667. The molecule has 0 amide bonds. The summed E-state index contributed by atoms with van der Waals surface area (Å²) in [7, 11) is 0. The third-order valence-corrected chi connectivity index (χ3v) is 3.99. The Morgan fingerprint density at radius 1 is 1.23 bits per heavy atom. The van der Waals surface area contributed by atoms with E-state index in [9.17, 15) is 4.79 Å². The molecule has 0 unspecified atom stereocenters. The first-order valence-corrected chi connectivity index (χ1v) is 4.99. The first-order valence-electron chi connectivity index (χ1n) is 4.11. The lowest BCUT2D eigenvalue weighted by atomic mass is 9.91. The molecule has 4 atom stereocenters. The lowest BCUT2D eigenvalue weighted by Crippen LogP contribution is -2.57. The summed E-state index contributed by atoms with van der Waals surface area (Å²) < 4.78 is 5.67. The summed E-state index contributed by atoms with van der Waals surface area (Å²) in [6, 6.07) is 0. The zero-order valence-corrected chi connectivity index (χ0v) is 8.89. The number of hydrogen-bond acceptors (Lipinski definition) is 2. The number of fused-ring (bicyclic) bond motifs is 2. The van der Waals surface area contributed by atoms with Crippen LogP contribution >= 0.6 is 23.2 Å². The smallest absolute Gasteiger partial charge is 0.174 e. The van der Waals surface area contributed by atoms with Crippen molar-refractivity contribution in [2.24, 2.45) is 0 Å². The van der Waals surface area contributed by atoms with Crippen molar-refractivity contribution in [3.63, 3.8) is 0 Å². The van der Waals surface area contributed by atoms with Gasteiger partial charge in [-0.25, -0.2) is 0 Å². The van der Waals surface area contributed by atoms with Gasteiger partial charge in [-0.3, -0.25) is 4.79 Å². The minimum absolute atomic E-state index is 0.149. The van der Waals surface area contributed by atoms with E-state index in [1.165, 1.54) is 0 Å². The quantitative estimate of drug-likeness (QED) is 0.461. The third kappa shape index (κ3) is 1.09. The summed E-state index contributed by atoms with van der Waals surface area (Å²) in [5.74, 6) is -0.149. The first kappa shape index (κ1) is 9.50. The lowest BCUT2D eigenvalue weighted by molar-refractivity contribution is -0.145. The average Bonchev–Trinajstić information content (AvgIpc) is 2.38. The van der Waals surface area contributed by atoms with Crippen molar-refractivity contribution in [1.29, 1.82) is 0 Å². The van der Waals surface area contributed by atoms with Gasteiger partial charge in [0.1, 0.15) is 22.0 Å². The van der Waals surface area contributed by atoms with Crippen molar-refractivity contribution in [3.8, 4) is 0 Å². The molecule has 0 saturated carbocycles. The highest BCUT2D eigenvalue weighted by Crippen LogP contribution is 2.45. The Hall–Kier alpha value is -0.0500. The van der Waals surface area contributed by atoms with Crippen LogP contribution < -0.4 is 0 Å². The van der Waals surface area contributed by atoms with Crippen LogP contribution in [0.5, 0.6) is 0 Å². The van der Waals surface area contributed by atoms with Gasteiger partial charge in [0.15, 0.2) is 5.78 Å². The Morgan fingerprint density at radius 2 is 1.62 bits per heavy atom. The van der Waals surface area contributed by atoms with Gasteiger partial charge >= 0.3 is 0 Å². The molecule has 0 radical (unpaired) electrons. The summed E-state index contributed by atoms with van der Waals surface area (Å²) in [6.07, 6.45) is 3.65. The third-order valence-electron chi connectivity index (χ3n) is 2.69. The van der Waals surface area contributed by atoms with Crippen LogP contribution in [0.2, 0.25) is 0 Å². The summed E-state index contributed by atoms with van der Waals surface area (Å²) in [5.41, 5.74) is -1.36. The number of Topliss-reactive ketones (excluding diaryl/α,β-unsaturated/α-hetero) is 1. The Bertz CT molecular complexity index is 276. The Kier molecular flexibility index (Phi) is 1.83. The fourth-order valence-electron chi connectivity index (χ4n) is 1.84. The number of hydrogen-bond donors (Lipinski definition) is 0. The molecule has 1 saturated heterocycles. The van der Waals surface area contributed by atoms with E-state index < -0.39 is 22.0 Å². The zero-order valence-electron chi connectivity index (χ0n) is 7.38. The molecule has 13 heavy (non-hydrogen) atoms. The molecule has 1 fully saturated rings. The predicted molar refractivity (Wildman–Crippen MR) is 51.3 cm³/mol. The van der Waals surface area contributed by atoms with Gasteiger partial charge < -0.3 is 4.74 Å². The summed E-state index contributed by atoms with van der Waals surface area (Å²) in [5, 5.41) is -1.36. The van der Waals surface area contributed by atoms with E-state index in [4.69, 9.17) is 27.9 Å². The maximum Gasteiger partial charge on any atom is 0.174 e. The Labute approximate surface area is 86.8 Å². The molecular weight excluding hydrogens is 211 g/mol. The molecule has 2 bridgehead atoms. The van der Waals surface area contributed by atoms with E-state index in [1.54, 1.807) is 13.8 Å². The van der Waals surface area contributed by atoms with Crippen LogP contribution in [0.15, 0.2) is 12.2 Å². The minimum Gasteiger partial charge on any atom is -0.357 e. The fourth-order valence-corrected chi connectivity index (χ4v) is 2.39. The highest BCUT2D eigenvalue weighted by molar-refractivity contribution is 6.42. The average molecular weight is 221 g/mol. The van der Waals surface area contributed by atoms with Gasteiger partial charge in [0.2, 0.25) is 0 Å². The molecule has 2 rings (SSSR count). The Morgan fingerprint density at radius 3 is 2.00 bits per heavy atom. The highest BCUT2D eigenvalue weighted by Gasteiger charge is 2.57. The van der Waals surface area contributed by atoms with E-state index in [0.717, 1.165) is 0 Å². The van der Waals surface area contributed by atoms with E-state index in [1.807, 2.05) is 12.2 Å². The maximum absolute atomic E-state index is 11.6. The second-order valence-corrected chi connectivity index (χ2v) is 4.80. The van der Waals surface area contributed by atoms with Gasteiger partial charge in [-0.05, 0) is 13.8 Å². The van der Waals surface area contributed by atoms with Gasteiger partial charge in [0.05, 0.1) is 0 Å². The van der Waals surface area contributed by atoms with Gasteiger partial charge in [0, 0.05) is 0 Å². The molecule has 0 N–H and O–H groups in total. The number of ether oxygens (including phenoxy) is 1. The van der Waals surface area contributed by atoms with Crippen LogP contribution in [0.1, 0.15) is 13.8 Å². The normalized spacial score (nSPS) is 54.3. The SMILES string of the molecule is C[C@]12C=C[C@](C)(O1)[C@@H](Cl)C(=O)[C@@H]2Cl. The van der Waals surface area contributed by atoms with Crippen molar-refractivity contribution < 1.29 is 9.53 Å². The van der Waals surface area contributed by atoms with Crippen LogP contribution in [-0.2, 0) is 9.53 Å². The predicted octanol–water partition coefficient (Wildman–Crippen LogP) is 1.89. The summed E-state index contributed by atoms with van der Waals surface area (Å²) in [4.78, 5) is 11.6. The maximum atomic E-state index is 11.6. The van der Waals surface area contributed by atoms with Gasteiger partial charge in [0.25, 0.3) is 0 Å². The van der Waals surface area contributed by atoms with E-state index in [-0.39, 0.29) is 5.78 Å². The number of ketones is 1. The molecular formula is C9H10Cl2O2. The Balaban J connectivity index is 2.46. The van der Waals surface area contributed by atoms with E-state index >= 15 is 0 Å². The van der Waals surface area contributed by atoms with Crippen molar-refractivity contribution >= 4 is 29.0 Å². The molecule has 2 aliphatic rings. The van der Waals surface area contributed by atoms with Gasteiger partial charge in [-0.15, -0.1) is 23.2 Å². The first-order chi connectivity index (χ1) is 5.89. The molecule has 2 aliphatic heterocycles. The minimum atomic E-state index is -0.682. The lowest BCUT2D eigenvalue weighted by Gasteiger charge is -2.41. The number of carbonyl (C=O) groups excluding carboxylic acids is 1. The summed E-state index contributed by atoms with van der Waals surface area (Å²) in [6.45, 7) is 3.60. The van der Waals surface area contributed by atoms with E-state index in [0.29, 0.717) is 0 Å². The largest absolute Gasteiger partial charge is 0.357 e. The topological polar surface area (TPSA) is 26.3 Å². The summed E-state index contributed by atoms with van der Waals surface area (Å²) >= 11 is 11.9. The molecule has 0 aromatic heterocycles. The van der Waals surface area contributed by atoms with Gasteiger partial charge in [-0.2, -0.15) is 0 Å². The monoisotopic (exact) mass is 220 g/mol. The molecule has 4 heteroatoms. The highest BCUT2D eigenvalue weighted by atomic mass is 35.5. The standard InChI is InChI=1S/C9H10Cl2O2/c1-8-3-4-9(2,13-8)7(11)5(12)6(8)10/h3-4,6-7H,1-2H3/t6-,7-,8-,9+/m0/s1. The zero-order chi connectivity index (χ0) is 9.85. The molecule has 2 heterocycles. The second-order valence-electron chi connectivity index (χ2n) is 3.93. The number of carbonyl (C=O) groups is 1. The molecule has 0 spiro atoms. The molecule has 0 aromatic rings. The van der Waals surface area contributed by atoms with Crippen LogP contribution in [0, 0.1) is 0 Å². The van der Waals surface area contributed by atoms with Crippen LogP contribution in [0.3, 0.4) is 0 Å². The van der Waals surface area contributed by atoms with Gasteiger partial charge in [-0.1, -0.05) is 12.2 Å². The van der Waals surface area contributed by atoms with Crippen molar-refractivity contribution in [2.45, 2.75) is 35.8 Å². The van der Waals surface area contributed by atoms with Crippen molar-refractivity contribution in [1.82, 2.24) is 0 Å². The molecule has 2 nitrogen and oxygen atoms in total. The molecule has 0 aromatic carbocycles. The van der Waals surface area contributed by atoms with Crippen LogP contribution in [-0.4, -0.2) is 27.7 Å². The second kappa shape index (κ2) is 2.50. The molecule has 72 valence electrons. The number of rotatable bonds is 0. The van der Waals surface area contributed by atoms with Crippen LogP contribution in [0.25, 0.3) is 0 Å². The van der Waals surface area contributed by atoms with E-state index in [2.05, 4.69) is 0 Å².